The number of carbonyl (C=O) groups is 1. The van der Waals surface area contributed by atoms with E-state index in [-0.39, 0.29) is 12.0 Å². The highest BCUT2D eigenvalue weighted by molar-refractivity contribution is 5.81. The van der Waals surface area contributed by atoms with Gasteiger partial charge < -0.3 is 15.8 Å². The molecule has 0 radical (unpaired) electrons. The van der Waals surface area contributed by atoms with E-state index in [0.29, 0.717) is 19.7 Å². The molecule has 0 aliphatic heterocycles. The van der Waals surface area contributed by atoms with Gasteiger partial charge in [-0.05, 0) is 27.7 Å². The summed E-state index contributed by atoms with van der Waals surface area (Å²) in [5.41, 5.74) is 4.98. The van der Waals surface area contributed by atoms with Gasteiger partial charge in [-0.25, -0.2) is 0 Å². The average molecular weight is 202 g/mol. The summed E-state index contributed by atoms with van der Waals surface area (Å²) in [6.07, 6.45) is 0.203. The second-order valence-electron chi connectivity index (χ2n) is 4.26. The highest BCUT2D eigenvalue weighted by Crippen LogP contribution is 2.11. The normalized spacial score (nSPS) is 11.9. The smallest absolute Gasteiger partial charge is 0.227 e. The van der Waals surface area contributed by atoms with Crippen molar-refractivity contribution in [1.29, 1.82) is 0 Å². The topological polar surface area (TPSA) is 64.3 Å². The van der Waals surface area contributed by atoms with Gasteiger partial charge in [0, 0.05) is 13.1 Å². The van der Waals surface area contributed by atoms with Gasteiger partial charge in [0.05, 0.1) is 18.1 Å². The Balaban J connectivity index is 3.64. The molecular formula is C10H22N2O2. The molecule has 84 valence electrons. The van der Waals surface area contributed by atoms with Crippen molar-refractivity contribution in [2.24, 2.45) is 11.1 Å². The lowest BCUT2D eigenvalue weighted by Crippen LogP contribution is -2.42. The number of rotatable bonds is 6. The highest BCUT2D eigenvalue weighted by Gasteiger charge is 2.24. The summed E-state index contributed by atoms with van der Waals surface area (Å²) < 4.78 is 5.29. The van der Waals surface area contributed by atoms with Gasteiger partial charge in [0.2, 0.25) is 5.91 Å². The Labute approximate surface area is 86.2 Å². The molecule has 0 unspecified atom stereocenters. The van der Waals surface area contributed by atoms with E-state index < -0.39 is 5.41 Å². The summed E-state index contributed by atoms with van der Waals surface area (Å²) in [4.78, 5) is 11.5. The SMILES string of the molecule is CC(C)OCCNC(=O)C(C)(C)CN. The molecule has 14 heavy (non-hydrogen) atoms. The van der Waals surface area contributed by atoms with Crippen LogP contribution in [0.25, 0.3) is 0 Å². The molecule has 0 fully saturated rings. The highest BCUT2D eigenvalue weighted by atomic mass is 16.5. The van der Waals surface area contributed by atoms with Crippen LogP contribution in [0.5, 0.6) is 0 Å². The molecule has 0 saturated heterocycles. The minimum absolute atomic E-state index is 0.0210. The molecule has 0 aliphatic rings. The van der Waals surface area contributed by atoms with Crippen LogP contribution in [0.2, 0.25) is 0 Å². The number of hydrogen-bond acceptors (Lipinski definition) is 3. The maximum absolute atomic E-state index is 11.5. The molecule has 4 nitrogen and oxygen atoms in total. The first-order valence-electron chi connectivity index (χ1n) is 5.00. The third kappa shape index (κ3) is 5.19. The Bertz CT molecular complexity index is 179. The number of amides is 1. The van der Waals surface area contributed by atoms with Crippen LogP contribution in [-0.4, -0.2) is 31.7 Å². The lowest BCUT2D eigenvalue weighted by atomic mass is 9.93. The summed E-state index contributed by atoms with van der Waals surface area (Å²) in [5, 5.41) is 2.79. The monoisotopic (exact) mass is 202 g/mol. The van der Waals surface area contributed by atoms with Crippen LogP contribution in [0, 0.1) is 5.41 Å². The fraction of sp³-hybridized carbons (Fsp3) is 0.900. The number of ether oxygens (including phenoxy) is 1. The van der Waals surface area contributed by atoms with E-state index in [9.17, 15) is 4.79 Å². The van der Waals surface area contributed by atoms with Crippen molar-refractivity contribution in [3.8, 4) is 0 Å². The van der Waals surface area contributed by atoms with Crippen molar-refractivity contribution >= 4 is 5.91 Å². The maximum Gasteiger partial charge on any atom is 0.227 e. The average Bonchev–Trinajstić information content (AvgIpc) is 2.11. The van der Waals surface area contributed by atoms with Crippen molar-refractivity contribution in [1.82, 2.24) is 5.32 Å². The van der Waals surface area contributed by atoms with Gasteiger partial charge in [-0.15, -0.1) is 0 Å². The first-order chi connectivity index (χ1) is 6.40. The van der Waals surface area contributed by atoms with Gasteiger partial charge in [0.15, 0.2) is 0 Å². The van der Waals surface area contributed by atoms with E-state index in [1.54, 1.807) is 0 Å². The first kappa shape index (κ1) is 13.4. The number of carbonyl (C=O) groups excluding carboxylic acids is 1. The Hall–Kier alpha value is -0.610. The summed E-state index contributed by atoms with van der Waals surface area (Å²) >= 11 is 0. The zero-order valence-corrected chi connectivity index (χ0v) is 9.59. The van der Waals surface area contributed by atoms with E-state index in [4.69, 9.17) is 10.5 Å². The lowest BCUT2D eigenvalue weighted by Gasteiger charge is -2.21. The molecule has 0 saturated carbocycles. The number of nitrogens with two attached hydrogens (primary N) is 1. The van der Waals surface area contributed by atoms with Crippen molar-refractivity contribution < 1.29 is 9.53 Å². The van der Waals surface area contributed by atoms with Gasteiger partial charge in [-0.3, -0.25) is 4.79 Å². The summed E-state index contributed by atoms with van der Waals surface area (Å²) in [7, 11) is 0. The van der Waals surface area contributed by atoms with Crippen LogP contribution in [0.1, 0.15) is 27.7 Å². The molecule has 0 rings (SSSR count). The van der Waals surface area contributed by atoms with Gasteiger partial charge in [-0.1, -0.05) is 0 Å². The van der Waals surface area contributed by atoms with Crippen LogP contribution in [-0.2, 0) is 9.53 Å². The third-order valence-corrected chi connectivity index (χ3v) is 1.96. The lowest BCUT2D eigenvalue weighted by molar-refractivity contribution is -0.129. The van der Waals surface area contributed by atoms with Gasteiger partial charge >= 0.3 is 0 Å². The van der Waals surface area contributed by atoms with Crippen molar-refractivity contribution in [3.05, 3.63) is 0 Å². The fourth-order valence-electron chi connectivity index (χ4n) is 0.791. The zero-order valence-electron chi connectivity index (χ0n) is 9.59. The van der Waals surface area contributed by atoms with Gasteiger partial charge in [0.1, 0.15) is 0 Å². The Morgan fingerprint density at radius 1 is 1.50 bits per heavy atom. The molecule has 0 heterocycles. The minimum Gasteiger partial charge on any atom is -0.377 e. The van der Waals surface area contributed by atoms with Crippen molar-refractivity contribution in [2.75, 3.05) is 19.7 Å². The largest absolute Gasteiger partial charge is 0.377 e. The van der Waals surface area contributed by atoms with E-state index in [1.807, 2.05) is 27.7 Å². The number of nitrogens with one attached hydrogen (secondary N) is 1. The van der Waals surface area contributed by atoms with E-state index >= 15 is 0 Å². The van der Waals surface area contributed by atoms with E-state index in [0.717, 1.165) is 0 Å². The predicted octanol–water partition coefficient (Wildman–Crippen LogP) is 0.513. The molecule has 0 atom stereocenters. The molecule has 0 aliphatic carbocycles. The van der Waals surface area contributed by atoms with Gasteiger partial charge in [0.25, 0.3) is 0 Å². The molecule has 0 aromatic carbocycles. The van der Waals surface area contributed by atoms with E-state index in [1.165, 1.54) is 0 Å². The first-order valence-corrected chi connectivity index (χ1v) is 5.00. The van der Waals surface area contributed by atoms with Crippen LogP contribution in [0.15, 0.2) is 0 Å². The van der Waals surface area contributed by atoms with Crippen LogP contribution in [0.4, 0.5) is 0 Å². The van der Waals surface area contributed by atoms with Crippen molar-refractivity contribution in [2.45, 2.75) is 33.8 Å². The molecule has 3 N–H and O–H groups in total. The van der Waals surface area contributed by atoms with Crippen molar-refractivity contribution in [3.63, 3.8) is 0 Å². The molecule has 1 amide bonds. The molecule has 0 aromatic rings. The van der Waals surface area contributed by atoms with Crippen LogP contribution < -0.4 is 11.1 Å². The molecule has 0 aromatic heterocycles. The molecule has 4 heteroatoms. The summed E-state index contributed by atoms with van der Waals surface area (Å²) in [5.74, 6) is -0.0210. The molecular weight excluding hydrogens is 180 g/mol. The number of hydrogen-bond donors (Lipinski definition) is 2. The zero-order chi connectivity index (χ0) is 11.2. The minimum atomic E-state index is -0.488. The quantitative estimate of drug-likeness (QED) is 0.617. The molecule has 0 spiro atoms. The standard InChI is InChI=1S/C10H22N2O2/c1-8(2)14-6-5-12-9(13)10(3,4)7-11/h8H,5-7,11H2,1-4H3,(H,12,13). The van der Waals surface area contributed by atoms with Gasteiger partial charge in [-0.2, -0.15) is 0 Å². The molecule has 0 bridgehead atoms. The Morgan fingerprint density at radius 3 is 2.50 bits per heavy atom. The third-order valence-electron chi connectivity index (χ3n) is 1.96. The van der Waals surface area contributed by atoms with Crippen LogP contribution in [0.3, 0.4) is 0 Å². The second-order valence-corrected chi connectivity index (χ2v) is 4.26. The van der Waals surface area contributed by atoms with E-state index in [2.05, 4.69) is 5.32 Å². The Morgan fingerprint density at radius 2 is 2.07 bits per heavy atom. The fourth-order valence-corrected chi connectivity index (χ4v) is 0.791. The summed E-state index contributed by atoms with van der Waals surface area (Å²) in [6.45, 7) is 9.02. The second kappa shape index (κ2) is 5.98. The Kier molecular flexibility index (Phi) is 5.72. The van der Waals surface area contributed by atoms with Crippen LogP contribution >= 0.6 is 0 Å². The predicted molar refractivity (Wildman–Crippen MR) is 56.9 cm³/mol. The summed E-state index contributed by atoms with van der Waals surface area (Å²) in [6, 6.07) is 0. The maximum atomic E-state index is 11.5.